The molecule has 2 aliphatic rings. The van der Waals surface area contributed by atoms with Gasteiger partial charge in [-0.05, 0) is 32.1 Å². The molecule has 1 aromatic heterocycles. The van der Waals surface area contributed by atoms with Gasteiger partial charge in [-0.25, -0.2) is 23.2 Å². The van der Waals surface area contributed by atoms with Gasteiger partial charge in [-0.15, -0.1) is 23.7 Å². The number of nitrogens with one attached hydrogen (secondary N) is 1. The van der Waals surface area contributed by atoms with Crippen LogP contribution in [0.1, 0.15) is 67.2 Å². The molecule has 0 aliphatic carbocycles. The van der Waals surface area contributed by atoms with Gasteiger partial charge in [-0.3, -0.25) is 10.0 Å². The highest BCUT2D eigenvalue weighted by Gasteiger charge is 2.54. The first-order valence-corrected chi connectivity index (χ1v) is 13.4. The number of ether oxygens (including phenoxy) is 1. The van der Waals surface area contributed by atoms with Crippen LogP contribution in [0, 0.1) is 0 Å². The number of carbonyl (C=O) groups is 1. The molecule has 0 saturated carbocycles. The molecule has 1 amide bonds. The quantitative estimate of drug-likeness (QED) is 0.275. The third-order valence-corrected chi connectivity index (χ3v) is 10.3. The van der Waals surface area contributed by atoms with E-state index in [1.54, 1.807) is 6.20 Å². The number of aromatic nitrogens is 1. The van der Waals surface area contributed by atoms with E-state index in [-0.39, 0.29) is 63.9 Å². The molecule has 3 heterocycles. The summed E-state index contributed by atoms with van der Waals surface area (Å²) in [5.74, 6) is -0.828. The minimum Gasteiger partial charge on any atom is -0.381 e. The molecule has 8 nitrogen and oxygen atoms in total. The first-order valence-electron chi connectivity index (χ1n) is 11.1. The van der Waals surface area contributed by atoms with E-state index in [0.29, 0.717) is 32.1 Å². The van der Waals surface area contributed by atoms with Crippen LogP contribution in [-0.4, -0.2) is 66.0 Å². The Bertz CT molecular complexity index is 900. The molecule has 0 spiro atoms. The third kappa shape index (κ3) is 6.82. The second-order valence-corrected chi connectivity index (χ2v) is 12.0. The van der Waals surface area contributed by atoms with Crippen molar-refractivity contribution in [2.75, 3.05) is 26.3 Å². The molecule has 0 atom stereocenters. The average Bonchev–Trinajstić information content (AvgIpc) is 3.27. The summed E-state index contributed by atoms with van der Waals surface area (Å²) >= 11 is 1.53. The lowest BCUT2D eigenvalue weighted by molar-refractivity contribution is -0.136. The van der Waals surface area contributed by atoms with E-state index in [2.05, 4.69) is 4.98 Å². The summed E-state index contributed by atoms with van der Waals surface area (Å²) in [4.78, 5) is 17.8. The zero-order valence-corrected chi connectivity index (χ0v) is 21.1. The molecule has 0 radical (unpaired) electrons. The van der Waals surface area contributed by atoms with Crippen LogP contribution in [0.15, 0.2) is 6.20 Å². The predicted octanol–water partition coefficient (Wildman–Crippen LogP) is 3.79. The van der Waals surface area contributed by atoms with Gasteiger partial charge in [0.05, 0.1) is 5.01 Å². The Hall–Kier alpha value is -0.990. The van der Waals surface area contributed by atoms with Crippen molar-refractivity contribution >= 4 is 39.7 Å². The van der Waals surface area contributed by atoms with Crippen LogP contribution >= 0.6 is 23.7 Å². The maximum absolute atomic E-state index is 13.4. The van der Waals surface area contributed by atoms with E-state index in [0.717, 1.165) is 9.88 Å². The minimum atomic E-state index is -4.10. The van der Waals surface area contributed by atoms with Crippen molar-refractivity contribution < 1.29 is 36.3 Å². The topological polar surface area (TPSA) is 109 Å². The highest BCUT2D eigenvalue weighted by atomic mass is 35.5. The molecule has 34 heavy (non-hydrogen) atoms. The number of carbonyl (C=O) groups excluding carboxylic acids is 1. The number of nitrogens with zero attached hydrogens (tertiary/aromatic N) is 2. The smallest absolute Gasteiger partial charge is 0.381 e. The molecule has 0 aromatic carbocycles. The number of thiazole rings is 1. The van der Waals surface area contributed by atoms with Crippen molar-refractivity contribution in [1.82, 2.24) is 14.8 Å². The Kier molecular flexibility index (Phi) is 10.6. The van der Waals surface area contributed by atoms with Crippen molar-refractivity contribution in [1.29, 1.82) is 0 Å². The molecule has 0 unspecified atom stereocenters. The molecule has 0 bridgehead atoms. The van der Waals surface area contributed by atoms with Crippen molar-refractivity contribution in [2.24, 2.45) is 0 Å². The number of hydroxylamine groups is 1. The highest BCUT2D eigenvalue weighted by molar-refractivity contribution is 7.91. The van der Waals surface area contributed by atoms with Gasteiger partial charge in [0.2, 0.25) is 10.0 Å². The number of aryl methyl sites for hydroxylation is 1. The van der Waals surface area contributed by atoms with Gasteiger partial charge >= 0.3 is 6.18 Å². The lowest BCUT2D eigenvalue weighted by Gasteiger charge is -2.40. The Balaban J connectivity index is 0.00000408. The number of unbranched alkanes of at least 4 members (excludes halogenated alkanes) is 2. The Morgan fingerprint density at radius 2 is 1.88 bits per heavy atom. The molecule has 2 aliphatic heterocycles. The number of alkyl halides is 3. The highest BCUT2D eigenvalue weighted by Crippen LogP contribution is 2.37. The van der Waals surface area contributed by atoms with Crippen molar-refractivity contribution in [3.8, 4) is 0 Å². The van der Waals surface area contributed by atoms with E-state index in [4.69, 9.17) is 9.94 Å². The number of amides is 1. The van der Waals surface area contributed by atoms with Crippen molar-refractivity contribution in [2.45, 2.75) is 74.6 Å². The number of hydrogen-bond donors (Lipinski definition) is 2. The largest absolute Gasteiger partial charge is 0.389 e. The molecular weight excluding hydrogens is 519 g/mol. The first-order chi connectivity index (χ1) is 15.6. The summed E-state index contributed by atoms with van der Waals surface area (Å²) in [5.41, 5.74) is 1.53. The summed E-state index contributed by atoms with van der Waals surface area (Å²) in [5, 5.41) is 10.1. The van der Waals surface area contributed by atoms with Gasteiger partial charge in [0.25, 0.3) is 5.91 Å². The summed E-state index contributed by atoms with van der Waals surface area (Å²) in [6.07, 6.45) is -0.00641. The zero-order chi connectivity index (χ0) is 24.1. The summed E-state index contributed by atoms with van der Waals surface area (Å²) in [7, 11) is -4.00. The van der Waals surface area contributed by atoms with Gasteiger partial charge in [0, 0.05) is 62.6 Å². The predicted molar refractivity (Wildman–Crippen MR) is 123 cm³/mol. The maximum Gasteiger partial charge on any atom is 0.389 e. The van der Waals surface area contributed by atoms with Gasteiger partial charge < -0.3 is 4.74 Å². The number of hydrogen-bond acceptors (Lipinski definition) is 7. The fraction of sp³-hybridized carbons (Fsp3) is 0.800. The van der Waals surface area contributed by atoms with Crippen LogP contribution in [0.4, 0.5) is 13.2 Å². The normalized spacial score (nSPS) is 20.0. The monoisotopic (exact) mass is 549 g/mol. The van der Waals surface area contributed by atoms with Crippen LogP contribution in [0.5, 0.6) is 0 Å². The number of halogens is 4. The molecule has 2 fully saturated rings. The van der Waals surface area contributed by atoms with Gasteiger partial charge in [0.1, 0.15) is 0 Å². The van der Waals surface area contributed by atoms with Crippen LogP contribution in [-0.2, 0) is 26.0 Å². The second kappa shape index (κ2) is 12.3. The molecule has 2 N–H and O–H groups in total. The van der Waals surface area contributed by atoms with Crippen molar-refractivity contribution in [3.63, 3.8) is 0 Å². The van der Waals surface area contributed by atoms with E-state index in [1.807, 2.05) is 0 Å². The summed E-state index contributed by atoms with van der Waals surface area (Å²) < 4.78 is 68.2. The summed E-state index contributed by atoms with van der Waals surface area (Å²) in [6, 6.07) is 0. The molecule has 1 aromatic rings. The molecule has 196 valence electrons. The molecule has 3 rings (SSSR count). The Morgan fingerprint density at radius 1 is 1.24 bits per heavy atom. The fourth-order valence-electron chi connectivity index (χ4n) is 4.42. The molecular formula is C20H31ClF3N3O5S2. The lowest BCUT2D eigenvalue weighted by Crippen LogP contribution is -2.60. The van der Waals surface area contributed by atoms with E-state index in [1.165, 1.54) is 21.1 Å². The Morgan fingerprint density at radius 3 is 2.47 bits per heavy atom. The maximum atomic E-state index is 13.4. The van der Waals surface area contributed by atoms with Gasteiger partial charge in [-0.1, -0.05) is 6.42 Å². The fourth-order valence-corrected chi connectivity index (χ4v) is 7.70. The second-order valence-electron chi connectivity index (χ2n) is 8.57. The SMILES string of the molecule is Cl.O=C(NO)C1(S(=O)(=O)N2CCC(c3ncc(CCCCCC(F)(F)F)s3)CC2)CCOCC1. The van der Waals surface area contributed by atoms with Gasteiger partial charge in [0.15, 0.2) is 4.75 Å². The van der Waals surface area contributed by atoms with Gasteiger partial charge in [-0.2, -0.15) is 13.2 Å². The number of rotatable bonds is 9. The number of sulfonamides is 1. The van der Waals surface area contributed by atoms with Crippen LogP contribution in [0.2, 0.25) is 0 Å². The van der Waals surface area contributed by atoms with Crippen LogP contribution < -0.4 is 5.48 Å². The standard InChI is InChI=1S/C20H30F3N3O5S2.ClH/c21-20(22,23)7-3-1-2-4-16-14-24-17(32-16)15-5-10-26(11-6-15)33(29,30)19(18(27)25-28)8-12-31-13-9-19;/h14-15,28H,1-13H2,(H,25,27);1H. The lowest BCUT2D eigenvalue weighted by atomic mass is 9.98. The summed E-state index contributed by atoms with van der Waals surface area (Å²) in [6.45, 7) is 0.754. The minimum absolute atomic E-state index is 0. The zero-order valence-electron chi connectivity index (χ0n) is 18.7. The Labute approximate surface area is 207 Å². The van der Waals surface area contributed by atoms with Crippen molar-refractivity contribution in [3.05, 3.63) is 16.1 Å². The van der Waals surface area contributed by atoms with Crippen LogP contribution in [0.3, 0.4) is 0 Å². The van der Waals surface area contributed by atoms with E-state index < -0.39 is 33.3 Å². The van der Waals surface area contributed by atoms with E-state index >= 15 is 0 Å². The third-order valence-electron chi connectivity index (χ3n) is 6.41. The molecule has 14 heteroatoms. The molecule has 2 saturated heterocycles. The first kappa shape index (κ1) is 29.2. The number of piperidine rings is 1. The van der Waals surface area contributed by atoms with Crippen LogP contribution in [0.25, 0.3) is 0 Å². The average molecular weight is 550 g/mol. The van der Waals surface area contributed by atoms with E-state index in [9.17, 15) is 26.4 Å².